The van der Waals surface area contributed by atoms with Gasteiger partial charge in [-0.15, -0.1) is 0 Å². The minimum atomic E-state index is -0.0544. The molecule has 1 heterocycles. The molecule has 0 spiro atoms. The molecular formula is C13H25NO. The van der Waals surface area contributed by atoms with Gasteiger partial charge in [0.25, 0.3) is 0 Å². The Hall–Kier alpha value is -0.0800. The van der Waals surface area contributed by atoms with E-state index in [2.05, 4.69) is 11.8 Å². The van der Waals surface area contributed by atoms with E-state index < -0.39 is 0 Å². The van der Waals surface area contributed by atoms with Crippen molar-refractivity contribution in [2.45, 2.75) is 51.6 Å². The molecule has 2 nitrogen and oxygen atoms in total. The van der Waals surface area contributed by atoms with Crippen molar-refractivity contribution in [3.8, 4) is 0 Å². The maximum absolute atomic E-state index is 9.61. The Balaban J connectivity index is 1.71. The highest BCUT2D eigenvalue weighted by molar-refractivity contribution is 4.77. The molecule has 1 aliphatic heterocycles. The summed E-state index contributed by atoms with van der Waals surface area (Å²) in [4.78, 5) is 2.48. The lowest BCUT2D eigenvalue weighted by atomic mass is 9.82. The van der Waals surface area contributed by atoms with Crippen molar-refractivity contribution in [2.75, 3.05) is 19.6 Å². The lowest BCUT2D eigenvalue weighted by molar-refractivity contribution is 0.0565. The van der Waals surface area contributed by atoms with Crippen LogP contribution in [0.4, 0.5) is 0 Å². The summed E-state index contributed by atoms with van der Waals surface area (Å²) in [6.45, 7) is 5.75. The molecule has 2 aliphatic rings. The average molecular weight is 211 g/mol. The number of aliphatic hydroxyl groups excluding tert-OH is 1. The first-order valence-electron chi connectivity index (χ1n) is 6.64. The van der Waals surface area contributed by atoms with Gasteiger partial charge in [0.1, 0.15) is 0 Å². The van der Waals surface area contributed by atoms with Crippen LogP contribution in [0, 0.1) is 11.8 Å². The van der Waals surface area contributed by atoms with Crippen LogP contribution in [0.15, 0.2) is 0 Å². The number of β-amino-alcohol motifs (C(OH)–C–C–N with tert-alkyl or cyclic N) is 1. The van der Waals surface area contributed by atoms with E-state index in [0.717, 1.165) is 24.8 Å². The summed E-state index contributed by atoms with van der Waals surface area (Å²) in [5.41, 5.74) is 0. The van der Waals surface area contributed by atoms with Crippen molar-refractivity contribution in [1.82, 2.24) is 4.90 Å². The van der Waals surface area contributed by atoms with Gasteiger partial charge in [-0.1, -0.05) is 19.8 Å². The van der Waals surface area contributed by atoms with E-state index in [9.17, 15) is 5.11 Å². The maximum Gasteiger partial charge on any atom is 0.0667 e. The molecule has 1 saturated heterocycles. The van der Waals surface area contributed by atoms with Crippen LogP contribution in [0.25, 0.3) is 0 Å². The quantitative estimate of drug-likeness (QED) is 0.757. The first-order valence-corrected chi connectivity index (χ1v) is 6.64. The van der Waals surface area contributed by atoms with Gasteiger partial charge in [0.15, 0.2) is 0 Å². The summed E-state index contributed by atoms with van der Waals surface area (Å²) in [5.74, 6) is 1.86. The van der Waals surface area contributed by atoms with Crippen molar-refractivity contribution in [2.24, 2.45) is 11.8 Å². The third kappa shape index (κ3) is 3.46. The Morgan fingerprint density at radius 2 is 1.87 bits per heavy atom. The lowest BCUT2D eigenvalue weighted by Gasteiger charge is -2.35. The maximum atomic E-state index is 9.61. The molecular weight excluding hydrogens is 186 g/mol. The molecule has 1 saturated carbocycles. The molecule has 2 rings (SSSR count). The van der Waals surface area contributed by atoms with E-state index in [0.29, 0.717) is 0 Å². The van der Waals surface area contributed by atoms with E-state index in [-0.39, 0.29) is 6.10 Å². The van der Waals surface area contributed by atoms with E-state index in [4.69, 9.17) is 0 Å². The van der Waals surface area contributed by atoms with Crippen LogP contribution in [0.1, 0.15) is 45.4 Å². The average Bonchev–Trinajstić information content (AvgIpc) is 2.22. The van der Waals surface area contributed by atoms with Crippen LogP contribution in [0.2, 0.25) is 0 Å². The van der Waals surface area contributed by atoms with Crippen molar-refractivity contribution >= 4 is 0 Å². The predicted octanol–water partition coefficient (Wildman–Crippen LogP) is 2.27. The van der Waals surface area contributed by atoms with Crippen LogP contribution in [0.5, 0.6) is 0 Å². The van der Waals surface area contributed by atoms with Crippen LogP contribution < -0.4 is 0 Å². The molecule has 88 valence electrons. The number of nitrogens with zero attached hydrogens (tertiary/aromatic N) is 1. The summed E-state index contributed by atoms with van der Waals surface area (Å²) in [6, 6.07) is 0. The highest BCUT2D eigenvalue weighted by Gasteiger charge is 2.23. The topological polar surface area (TPSA) is 23.5 Å². The smallest absolute Gasteiger partial charge is 0.0667 e. The molecule has 0 aromatic heterocycles. The van der Waals surface area contributed by atoms with E-state index in [1.54, 1.807) is 0 Å². The second-order valence-electron chi connectivity index (χ2n) is 5.68. The molecule has 0 amide bonds. The van der Waals surface area contributed by atoms with Crippen LogP contribution in [-0.4, -0.2) is 35.7 Å². The zero-order chi connectivity index (χ0) is 10.7. The number of hydrogen-bond donors (Lipinski definition) is 1. The van der Waals surface area contributed by atoms with Crippen molar-refractivity contribution in [3.63, 3.8) is 0 Å². The fourth-order valence-electron chi connectivity index (χ4n) is 3.07. The Labute approximate surface area is 93.7 Å². The first-order chi connectivity index (χ1) is 7.24. The van der Waals surface area contributed by atoms with E-state index in [1.807, 2.05) is 0 Å². The van der Waals surface area contributed by atoms with Crippen molar-refractivity contribution in [3.05, 3.63) is 0 Å². The minimum absolute atomic E-state index is 0.0544. The highest BCUT2D eigenvalue weighted by Crippen LogP contribution is 2.29. The number of aliphatic hydroxyl groups is 1. The molecule has 2 heteroatoms. The Morgan fingerprint density at radius 1 is 1.13 bits per heavy atom. The Morgan fingerprint density at radius 3 is 2.53 bits per heavy atom. The van der Waals surface area contributed by atoms with E-state index in [1.165, 1.54) is 45.2 Å². The molecule has 0 bridgehead atoms. The van der Waals surface area contributed by atoms with Gasteiger partial charge in [-0.2, -0.15) is 0 Å². The van der Waals surface area contributed by atoms with Gasteiger partial charge in [-0.25, -0.2) is 0 Å². The summed E-state index contributed by atoms with van der Waals surface area (Å²) in [5, 5.41) is 9.61. The number of likely N-dealkylation sites (tertiary alicyclic amines) is 1. The fourth-order valence-corrected chi connectivity index (χ4v) is 3.07. The fraction of sp³-hybridized carbons (Fsp3) is 1.00. The van der Waals surface area contributed by atoms with Crippen LogP contribution in [-0.2, 0) is 0 Å². The first kappa shape index (κ1) is 11.4. The number of rotatable bonds is 2. The van der Waals surface area contributed by atoms with Crippen LogP contribution >= 0.6 is 0 Å². The summed E-state index contributed by atoms with van der Waals surface area (Å²) in [6.07, 6.45) is 7.80. The summed E-state index contributed by atoms with van der Waals surface area (Å²) in [7, 11) is 0. The zero-order valence-corrected chi connectivity index (χ0v) is 9.99. The SMILES string of the molecule is CC1CCC(CN2CCCC(O)C2)CC1. The molecule has 2 fully saturated rings. The van der Waals surface area contributed by atoms with E-state index >= 15 is 0 Å². The van der Waals surface area contributed by atoms with Gasteiger partial charge in [0.05, 0.1) is 6.10 Å². The van der Waals surface area contributed by atoms with Crippen molar-refractivity contribution < 1.29 is 5.11 Å². The molecule has 1 atom stereocenters. The third-order valence-corrected chi connectivity index (χ3v) is 4.13. The number of piperidine rings is 1. The van der Waals surface area contributed by atoms with Gasteiger partial charge < -0.3 is 10.0 Å². The van der Waals surface area contributed by atoms with Gasteiger partial charge >= 0.3 is 0 Å². The lowest BCUT2D eigenvalue weighted by Crippen LogP contribution is -2.41. The molecule has 0 aromatic carbocycles. The number of hydrogen-bond acceptors (Lipinski definition) is 2. The molecule has 15 heavy (non-hydrogen) atoms. The van der Waals surface area contributed by atoms with Gasteiger partial charge in [0, 0.05) is 13.1 Å². The van der Waals surface area contributed by atoms with Gasteiger partial charge in [-0.3, -0.25) is 0 Å². The molecule has 1 aliphatic carbocycles. The predicted molar refractivity (Wildman–Crippen MR) is 62.8 cm³/mol. The largest absolute Gasteiger partial charge is 0.392 e. The third-order valence-electron chi connectivity index (χ3n) is 4.13. The van der Waals surface area contributed by atoms with Crippen molar-refractivity contribution in [1.29, 1.82) is 0 Å². The zero-order valence-electron chi connectivity index (χ0n) is 9.99. The van der Waals surface area contributed by atoms with Gasteiger partial charge in [0.2, 0.25) is 0 Å². The molecule has 1 N–H and O–H groups in total. The molecule has 0 aromatic rings. The molecule has 0 radical (unpaired) electrons. The standard InChI is InChI=1S/C13H25NO/c1-11-4-6-12(7-5-11)9-14-8-2-3-13(15)10-14/h11-13,15H,2-10H2,1H3. The van der Waals surface area contributed by atoms with Crippen LogP contribution in [0.3, 0.4) is 0 Å². The summed E-state index contributed by atoms with van der Waals surface area (Å²) >= 11 is 0. The Bertz CT molecular complexity index is 187. The minimum Gasteiger partial charge on any atom is -0.392 e. The normalized spacial score (nSPS) is 39.2. The Kier molecular flexibility index (Phi) is 4.04. The highest BCUT2D eigenvalue weighted by atomic mass is 16.3. The summed E-state index contributed by atoms with van der Waals surface area (Å²) < 4.78 is 0. The second kappa shape index (κ2) is 5.31. The second-order valence-corrected chi connectivity index (χ2v) is 5.68. The van der Waals surface area contributed by atoms with Gasteiger partial charge in [-0.05, 0) is 44.1 Å². The molecule has 1 unspecified atom stereocenters. The monoisotopic (exact) mass is 211 g/mol.